The van der Waals surface area contributed by atoms with Crippen LogP contribution in [0, 0.1) is 6.92 Å². The van der Waals surface area contributed by atoms with E-state index in [1.165, 1.54) is 28.4 Å². The SMILES string of the molecule is CCN(CC(=O)NCc1cccs1)C(=O)COC(=O)CCNS(=O)(=O)c1ccc(C)cc1. The summed E-state index contributed by atoms with van der Waals surface area (Å²) in [7, 11) is -3.73. The van der Waals surface area contributed by atoms with E-state index in [0.717, 1.165) is 10.4 Å². The van der Waals surface area contributed by atoms with Gasteiger partial charge in [0, 0.05) is 18.0 Å². The summed E-state index contributed by atoms with van der Waals surface area (Å²) < 4.78 is 31.6. The molecule has 9 nitrogen and oxygen atoms in total. The molecule has 0 spiro atoms. The Balaban J connectivity index is 1.70. The molecule has 2 aromatic rings. The number of hydrogen-bond donors (Lipinski definition) is 2. The van der Waals surface area contributed by atoms with Gasteiger partial charge in [-0.1, -0.05) is 23.8 Å². The maximum Gasteiger partial charge on any atom is 0.307 e. The lowest BCUT2D eigenvalue weighted by molar-refractivity contribution is -0.152. The van der Waals surface area contributed by atoms with Gasteiger partial charge in [0.15, 0.2) is 6.61 Å². The lowest BCUT2D eigenvalue weighted by Crippen LogP contribution is -2.42. The molecule has 2 N–H and O–H groups in total. The number of carbonyl (C=O) groups excluding carboxylic acids is 3. The van der Waals surface area contributed by atoms with Gasteiger partial charge in [-0.2, -0.15) is 0 Å². The number of esters is 1. The highest BCUT2D eigenvalue weighted by molar-refractivity contribution is 7.89. The van der Waals surface area contributed by atoms with Crippen molar-refractivity contribution in [2.75, 3.05) is 26.2 Å². The van der Waals surface area contributed by atoms with Gasteiger partial charge in [-0.25, -0.2) is 13.1 Å². The second-order valence-electron chi connectivity index (χ2n) is 6.89. The summed E-state index contributed by atoms with van der Waals surface area (Å²) in [6.45, 7) is 3.40. The monoisotopic (exact) mass is 481 g/mol. The molecule has 0 aliphatic rings. The number of thiophene rings is 1. The van der Waals surface area contributed by atoms with Gasteiger partial charge in [0.1, 0.15) is 0 Å². The van der Waals surface area contributed by atoms with E-state index < -0.39 is 28.5 Å². The number of sulfonamides is 1. The third kappa shape index (κ3) is 8.40. The Hall–Kier alpha value is -2.76. The fourth-order valence-corrected chi connectivity index (χ4v) is 4.27. The van der Waals surface area contributed by atoms with E-state index in [2.05, 4.69) is 10.0 Å². The predicted molar refractivity (Wildman–Crippen MR) is 120 cm³/mol. The van der Waals surface area contributed by atoms with Gasteiger partial charge >= 0.3 is 5.97 Å². The second-order valence-corrected chi connectivity index (χ2v) is 9.68. The number of nitrogens with one attached hydrogen (secondary N) is 2. The Morgan fingerprint density at radius 3 is 2.47 bits per heavy atom. The summed E-state index contributed by atoms with van der Waals surface area (Å²) in [5.74, 6) is -1.54. The van der Waals surface area contributed by atoms with Crippen LogP contribution in [0.4, 0.5) is 0 Å². The highest BCUT2D eigenvalue weighted by Crippen LogP contribution is 2.10. The van der Waals surface area contributed by atoms with E-state index in [0.29, 0.717) is 6.54 Å². The summed E-state index contributed by atoms with van der Waals surface area (Å²) in [5.41, 5.74) is 0.929. The number of rotatable bonds is 12. The first kappa shape index (κ1) is 25.5. The minimum Gasteiger partial charge on any atom is -0.456 e. The predicted octanol–water partition coefficient (Wildman–Crippen LogP) is 1.43. The number of amides is 2. The molecule has 0 atom stereocenters. The van der Waals surface area contributed by atoms with E-state index >= 15 is 0 Å². The fraction of sp³-hybridized carbons (Fsp3) is 0.381. The Morgan fingerprint density at radius 2 is 1.84 bits per heavy atom. The third-order valence-electron chi connectivity index (χ3n) is 4.42. The highest BCUT2D eigenvalue weighted by Gasteiger charge is 2.18. The maximum absolute atomic E-state index is 12.3. The number of carbonyl (C=O) groups is 3. The van der Waals surface area contributed by atoms with Crippen LogP contribution in [-0.4, -0.2) is 57.3 Å². The number of benzene rings is 1. The Morgan fingerprint density at radius 1 is 1.12 bits per heavy atom. The minimum absolute atomic E-state index is 0.0996. The Kier molecular flexibility index (Phi) is 9.82. The van der Waals surface area contributed by atoms with Crippen LogP contribution in [0.15, 0.2) is 46.7 Å². The van der Waals surface area contributed by atoms with Crippen LogP contribution in [-0.2, 0) is 35.7 Å². The van der Waals surface area contributed by atoms with Crippen molar-refractivity contribution in [2.45, 2.75) is 31.7 Å². The zero-order chi connectivity index (χ0) is 23.6. The van der Waals surface area contributed by atoms with Crippen molar-refractivity contribution in [2.24, 2.45) is 0 Å². The molecular formula is C21H27N3O6S2. The van der Waals surface area contributed by atoms with Crippen LogP contribution < -0.4 is 10.0 Å². The van der Waals surface area contributed by atoms with E-state index in [4.69, 9.17) is 4.74 Å². The van der Waals surface area contributed by atoms with Crippen molar-refractivity contribution < 1.29 is 27.5 Å². The average molecular weight is 482 g/mol. The van der Waals surface area contributed by atoms with Crippen molar-refractivity contribution in [3.05, 3.63) is 52.2 Å². The van der Waals surface area contributed by atoms with Gasteiger partial charge in [-0.15, -0.1) is 11.3 Å². The van der Waals surface area contributed by atoms with E-state index in [1.807, 2.05) is 24.4 Å². The minimum atomic E-state index is -3.73. The van der Waals surface area contributed by atoms with Gasteiger partial charge < -0.3 is 15.0 Å². The van der Waals surface area contributed by atoms with Crippen LogP contribution in [0.5, 0.6) is 0 Å². The smallest absolute Gasteiger partial charge is 0.307 e. The standard InChI is InChI=1S/C21H27N3O6S2/c1-3-24(14-19(25)22-13-17-5-4-12-31-17)20(26)15-30-21(27)10-11-23-32(28,29)18-8-6-16(2)7-9-18/h4-9,12,23H,3,10-11,13-15H2,1-2H3,(H,22,25). The van der Waals surface area contributed by atoms with Gasteiger partial charge in [0.25, 0.3) is 5.91 Å². The van der Waals surface area contributed by atoms with Crippen molar-refractivity contribution in [3.8, 4) is 0 Å². The van der Waals surface area contributed by atoms with Crippen LogP contribution in [0.2, 0.25) is 0 Å². The molecule has 0 aliphatic carbocycles. The average Bonchev–Trinajstić information content (AvgIpc) is 3.28. The lowest BCUT2D eigenvalue weighted by atomic mass is 10.2. The summed E-state index contributed by atoms with van der Waals surface area (Å²) in [4.78, 5) is 38.5. The number of ether oxygens (including phenoxy) is 1. The largest absolute Gasteiger partial charge is 0.456 e. The molecule has 2 amide bonds. The van der Waals surface area contributed by atoms with Crippen LogP contribution >= 0.6 is 11.3 Å². The molecule has 1 aromatic heterocycles. The zero-order valence-electron chi connectivity index (χ0n) is 18.0. The molecule has 0 saturated heterocycles. The summed E-state index contributed by atoms with van der Waals surface area (Å²) in [6.07, 6.45) is -0.230. The molecule has 1 aromatic carbocycles. The molecule has 32 heavy (non-hydrogen) atoms. The lowest BCUT2D eigenvalue weighted by Gasteiger charge is -2.20. The molecule has 11 heteroatoms. The highest BCUT2D eigenvalue weighted by atomic mass is 32.2. The normalized spacial score (nSPS) is 11.1. The molecule has 0 saturated carbocycles. The molecule has 0 unspecified atom stereocenters. The summed E-state index contributed by atoms with van der Waals surface area (Å²) in [6, 6.07) is 10.1. The van der Waals surface area contributed by atoms with E-state index in [-0.39, 0.29) is 36.9 Å². The molecule has 2 rings (SSSR count). The molecule has 174 valence electrons. The van der Waals surface area contributed by atoms with E-state index in [9.17, 15) is 22.8 Å². The summed E-state index contributed by atoms with van der Waals surface area (Å²) >= 11 is 1.52. The molecule has 0 radical (unpaired) electrons. The number of likely N-dealkylation sites (N-methyl/N-ethyl adjacent to an activating group) is 1. The van der Waals surface area contributed by atoms with Gasteiger partial charge in [0.05, 0.1) is 24.4 Å². The third-order valence-corrected chi connectivity index (χ3v) is 6.77. The molecule has 0 bridgehead atoms. The molecule has 0 aliphatic heterocycles. The van der Waals surface area contributed by atoms with Crippen molar-refractivity contribution >= 4 is 39.1 Å². The second kappa shape index (κ2) is 12.3. The van der Waals surface area contributed by atoms with Crippen LogP contribution in [0.1, 0.15) is 23.8 Å². The Labute approximate surface area is 191 Å². The van der Waals surface area contributed by atoms with Gasteiger partial charge in [-0.05, 0) is 37.4 Å². The summed E-state index contributed by atoms with van der Waals surface area (Å²) in [5, 5.41) is 4.64. The maximum atomic E-state index is 12.3. The number of aryl methyl sites for hydroxylation is 1. The van der Waals surface area contributed by atoms with Crippen molar-refractivity contribution in [1.82, 2.24) is 14.9 Å². The fourth-order valence-electron chi connectivity index (χ4n) is 2.60. The van der Waals surface area contributed by atoms with Crippen molar-refractivity contribution in [3.63, 3.8) is 0 Å². The first-order chi connectivity index (χ1) is 15.2. The zero-order valence-corrected chi connectivity index (χ0v) is 19.6. The first-order valence-electron chi connectivity index (χ1n) is 10.00. The molecule has 0 fully saturated rings. The van der Waals surface area contributed by atoms with Crippen LogP contribution in [0.25, 0.3) is 0 Å². The molecular weight excluding hydrogens is 454 g/mol. The van der Waals surface area contributed by atoms with Crippen molar-refractivity contribution in [1.29, 1.82) is 0 Å². The first-order valence-corrected chi connectivity index (χ1v) is 12.4. The van der Waals surface area contributed by atoms with Gasteiger partial charge in [0.2, 0.25) is 15.9 Å². The quantitative estimate of drug-likeness (QED) is 0.443. The topological polar surface area (TPSA) is 122 Å². The molecule has 1 heterocycles. The van der Waals surface area contributed by atoms with Gasteiger partial charge in [-0.3, -0.25) is 14.4 Å². The Bertz CT molecular complexity index is 1000. The number of hydrogen-bond acceptors (Lipinski definition) is 7. The van der Waals surface area contributed by atoms with E-state index in [1.54, 1.807) is 19.1 Å². The van der Waals surface area contributed by atoms with Crippen LogP contribution in [0.3, 0.4) is 0 Å². The number of nitrogens with zero attached hydrogens (tertiary/aromatic N) is 1.